The molecule has 1 saturated heterocycles. The van der Waals surface area contributed by atoms with Gasteiger partial charge in [-0.3, -0.25) is 0 Å². The van der Waals surface area contributed by atoms with Crippen molar-refractivity contribution in [1.82, 2.24) is 14.3 Å². The van der Waals surface area contributed by atoms with Crippen molar-refractivity contribution in [1.29, 1.82) is 0 Å². The quantitative estimate of drug-likeness (QED) is 0.811. The first kappa shape index (κ1) is 14.9. The monoisotopic (exact) mass is 301 g/mol. The van der Waals surface area contributed by atoms with E-state index >= 15 is 0 Å². The van der Waals surface area contributed by atoms with Gasteiger partial charge in [0.25, 0.3) is 0 Å². The van der Waals surface area contributed by atoms with Crippen LogP contribution < -0.4 is 0 Å². The van der Waals surface area contributed by atoms with Crippen LogP contribution in [0, 0.1) is 6.92 Å². The fraction of sp³-hybridized carbons (Fsp3) is 0.529. The summed E-state index contributed by atoms with van der Waals surface area (Å²) in [6, 6.07) is 4.16. The number of hydrogen-bond acceptors (Lipinski definition) is 3. The lowest BCUT2D eigenvalue weighted by molar-refractivity contribution is 0.0292. The van der Waals surface area contributed by atoms with Gasteiger partial charge in [0.2, 0.25) is 0 Å². The third kappa shape index (κ3) is 2.93. The first-order valence-corrected chi connectivity index (χ1v) is 7.75. The van der Waals surface area contributed by atoms with Gasteiger partial charge in [0.05, 0.1) is 0 Å². The first-order chi connectivity index (χ1) is 10.3. The Morgan fingerprint density at radius 3 is 2.86 bits per heavy atom. The summed E-state index contributed by atoms with van der Waals surface area (Å²) >= 11 is 0. The van der Waals surface area contributed by atoms with Crippen molar-refractivity contribution >= 4 is 11.7 Å². The molecule has 3 heterocycles. The van der Waals surface area contributed by atoms with Gasteiger partial charge in [0, 0.05) is 37.1 Å². The molecule has 0 unspecified atom stereocenters. The normalized spacial score (nSPS) is 18.9. The fourth-order valence-electron chi connectivity index (χ4n) is 2.88. The van der Waals surface area contributed by atoms with Crippen LogP contribution in [0.25, 0.3) is 5.65 Å². The summed E-state index contributed by atoms with van der Waals surface area (Å²) in [4.78, 5) is 18.3. The van der Waals surface area contributed by atoms with Gasteiger partial charge >= 0.3 is 6.09 Å². The van der Waals surface area contributed by atoms with Gasteiger partial charge in [-0.25, -0.2) is 9.78 Å². The van der Waals surface area contributed by atoms with Gasteiger partial charge in [-0.1, -0.05) is 6.07 Å². The first-order valence-electron chi connectivity index (χ1n) is 7.75. The lowest BCUT2D eigenvalue weighted by Crippen LogP contribution is -2.35. The zero-order valence-electron chi connectivity index (χ0n) is 13.7. The number of nitrogens with zero attached hydrogens (tertiary/aromatic N) is 3. The number of amides is 1. The number of imidazole rings is 1. The van der Waals surface area contributed by atoms with E-state index in [2.05, 4.69) is 21.6 Å². The zero-order chi connectivity index (χ0) is 15.9. The van der Waals surface area contributed by atoms with E-state index in [-0.39, 0.29) is 6.09 Å². The Morgan fingerprint density at radius 2 is 2.14 bits per heavy atom. The minimum atomic E-state index is -0.442. The van der Waals surface area contributed by atoms with E-state index in [1.807, 2.05) is 40.0 Å². The third-order valence-electron chi connectivity index (χ3n) is 4.02. The summed E-state index contributed by atoms with van der Waals surface area (Å²) in [5.74, 6) is 0.360. The highest BCUT2D eigenvalue weighted by Gasteiger charge is 2.30. The smallest absolute Gasteiger partial charge is 0.410 e. The Balaban J connectivity index is 1.73. The van der Waals surface area contributed by atoms with Gasteiger partial charge < -0.3 is 14.0 Å². The van der Waals surface area contributed by atoms with Crippen LogP contribution in [0.2, 0.25) is 0 Å². The number of aryl methyl sites for hydroxylation is 1. The van der Waals surface area contributed by atoms with Crippen molar-refractivity contribution in [2.45, 2.75) is 45.6 Å². The summed E-state index contributed by atoms with van der Waals surface area (Å²) in [5.41, 5.74) is 2.89. The fourth-order valence-corrected chi connectivity index (χ4v) is 2.88. The van der Waals surface area contributed by atoms with Gasteiger partial charge in [-0.05, 0) is 45.7 Å². The molecular formula is C17H23N3O2. The van der Waals surface area contributed by atoms with Crippen molar-refractivity contribution < 1.29 is 9.53 Å². The largest absolute Gasteiger partial charge is 0.444 e. The van der Waals surface area contributed by atoms with Crippen LogP contribution in [-0.2, 0) is 4.74 Å². The second-order valence-electron chi connectivity index (χ2n) is 7.00. The van der Waals surface area contributed by atoms with Crippen LogP contribution in [0.1, 0.15) is 44.4 Å². The van der Waals surface area contributed by atoms with Crippen molar-refractivity contribution in [2.24, 2.45) is 0 Å². The van der Waals surface area contributed by atoms with Crippen LogP contribution in [0.15, 0.2) is 24.5 Å². The number of hydrogen-bond donors (Lipinski definition) is 0. The molecule has 0 saturated carbocycles. The molecule has 5 nitrogen and oxygen atoms in total. The second kappa shape index (κ2) is 5.30. The predicted molar refractivity (Wildman–Crippen MR) is 85.1 cm³/mol. The number of ether oxygens (including phenoxy) is 1. The van der Waals surface area contributed by atoms with Gasteiger partial charge in [-0.15, -0.1) is 0 Å². The maximum absolute atomic E-state index is 12.2. The van der Waals surface area contributed by atoms with E-state index in [1.54, 1.807) is 4.90 Å². The molecule has 1 amide bonds. The number of aromatic nitrogens is 2. The molecule has 0 radical (unpaired) electrons. The van der Waals surface area contributed by atoms with Gasteiger partial charge in [0.15, 0.2) is 0 Å². The SMILES string of the molecule is Cc1cnc2ccc([C@@H]3CCN(C(=O)OC(C)(C)C)C3)cn12. The van der Waals surface area contributed by atoms with E-state index in [0.29, 0.717) is 12.5 Å². The number of carbonyl (C=O) groups is 1. The summed E-state index contributed by atoms with van der Waals surface area (Å²) in [7, 11) is 0. The van der Waals surface area contributed by atoms with Crippen LogP contribution in [-0.4, -0.2) is 39.1 Å². The van der Waals surface area contributed by atoms with Crippen molar-refractivity contribution in [2.75, 3.05) is 13.1 Å². The Kier molecular flexibility index (Phi) is 3.59. The molecule has 0 aliphatic carbocycles. The average molecular weight is 301 g/mol. The van der Waals surface area contributed by atoms with Crippen LogP contribution in [0.5, 0.6) is 0 Å². The van der Waals surface area contributed by atoms with Crippen molar-refractivity contribution in [3.63, 3.8) is 0 Å². The molecule has 1 fully saturated rings. The average Bonchev–Trinajstić information content (AvgIpc) is 3.04. The standard InChI is InChI=1S/C17H23N3O2/c1-12-9-18-15-6-5-13(11-20(12)15)14-7-8-19(10-14)16(21)22-17(2,3)4/h5-6,9,11,14H,7-8,10H2,1-4H3/t14-/m1/s1. The number of likely N-dealkylation sites (tertiary alicyclic amines) is 1. The molecule has 22 heavy (non-hydrogen) atoms. The Morgan fingerprint density at radius 1 is 1.36 bits per heavy atom. The predicted octanol–water partition coefficient (Wildman–Crippen LogP) is 3.37. The molecule has 0 aromatic carbocycles. The summed E-state index contributed by atoms with van der Waals surface area (Å²) < 4.78 is 7.56. The van der Waals surface area contributed by atoms with Crippen LogP contribution in [0.4, 0.5) is 4.79 Å². The molecule has 3 rings (SSSR count). The van der Waals surface area contributed by atoms with E-state index in [9.17, 15) is 4.79 Å². The topological polar surface area (TPSA) is 46.8 Å². The summed E-state index contributed by atoms with van der Waals surface area (Å²) in [6.07, 6.45) is 4.77. The molecule has 0 N–H and O–H groups in total. The molecule has 2 aromatic rings. The van der Waals surface area contributed by atoms with E-state index in [1.165, 1.54) is 5.56 Å². The molecular weight excluding hydrogens is 278 g/mol. The van der Waals surface area contributed by atoms with E-state index < -0.39 is 5.60 Å². The highest BCUT2D eigenvalue weighted by molar-refractivity contribution is 5.68. The molecule has 0 bridgehead atoms. The molecule has 1 aliphatic heterocycles. The minimum absolute atomic E-state index is 0.213. The van der Waals surface area contributed by atoms with E-state index in [4.69, 9.17) is 4.74 Å². The highest BCUT2D eigenvalue weighted by Crippen LogP contribution is 2.28. The number of carbonyl (C=O) groups excluding carboxylic acids is 1. The lowest BCUT2D eigenvalue weighted by atomic mass is 10.0. The second-order valence-corrected chi connectivity index (χ2v) is 7.00. The van der Waals surface area contributed by atoms with Crippen molar-refractivity contribution in [3.05, 3.63) is 35.8 Å². The Bertz CT molecular complexity index is 699. The van der Waals surface area contributed by atoms with Gasteiger partial charge in [-0.2, -0.15) is 0 Å². The highest BCUT2D eigenvalue weighted by atomic mass is 16.6. The summed E-state index contributed by atoms with van der Waals surface area (Å²) in [5, 5.41) is 0. The zero-order valence-corrected chi connectivity index (χ0v) is 13.7. The van der Waals surface area contributed by atoms with Crippen LogP contribution in [0.3, 0.4) is 0 Å². The van der Waals surface area contributed by atoms with E-state index in [0.717, 1.165) is 24.3 Å². The third-order valence-corrected chi connectivity index (χ3v) is 4.02. The number of fused-ring (bicyclic) bond motifs is 1. The maximum Gasteiger partial charge on any atom is 0.410 e. The van der Waals surface area contributed by atoms with Gasteiger partial charge in [0.1, 0.15) is 11.2 Å². The molecule has 0 spiro atoms. The molecule has 1 atom stereocenters. The number of rotatable bonds is 1. The Hall–Kier alpha value is -2.04. The minimum Gasteiger partial charge on any atom is -0.444 e. The maximum atomic E-state index is 12.2. The molecule has 5 heteroatoms. The molecule has 1 aliphatic rings. The number of pyridine rings is 1. The Labute approximate surface area is 130 Å². The lowest BCUT2D eigenvalue weighted by Gasteiger charge is -2.24. The van der Waals surface area contributed by atoms with Crippen molar-refractivity contribution in [3.8, 4) is 0 Å². The molecule has 2 aromatic heterocycles. The van der Waals surface area contributed by atoms with Crippen LogP contribution >= 0.6 is 0 Å². The molecule has 118 valence electrons. The summed E-state index contributed by atoms with van der Waals surface area (Å²) in [6.45, 7) is 9.21.